The Morgan fingerprint density at radius 2 is 1.94 bits per heavy atom. The van der Waals surface area contributed by atoms with Gasteiger partial charge in [0.15, 0.2) is 6.61 Å². The first-order chi connectivity index (χ1) is 15.1. The zero-order chi connectivity index (χ0) is 23.5. The number of rotatable bonds is 7. The standard InChI is InChI=1S/C20H20ClN3O7S/c1-13-4-7-15(11-18(13)24(27)28)22-19(25)12-31-20(26)17-3-2-10-23(17)32(29,30)16-8-5-14(21)6-9-16/h4-9,11,17H,2-3,10,12H2,1H3,(H,22,25)/t17-/m1/s1. The average Bonchev–Trinajstić information content (AvgIpc) is 3.24. The van der Waals surface area contributed by atoms with Crippen LogP contribution in [0.5, 0.6) is 0 Å². The second-order valence-electron chi connectivity index (χ2n) is 7.14. The van der Waals surface area contributed by atoms with Gasteiger partial charge in [0.25, 0.3) is 11.6 Å². The number of carbonyl (C=O) groups is 2. The van der Waals surface area contributed by atoms with Gasteiger partial charge in [-0.1, -0.05) is 17.7 Å². The highest BCUT2D eigenvalue weighted by atomic mass is 35.5. The van der Waals surface area contributed by atoms with Crippen molar-refractivity contribution in [2.75, 3.05) is 18.5 Å². The van der Waals surface area contributed by atoms with Crippen LogP contribution < -0.4 is 5.32 Å². The lowest BCUT2D eigenvalue weighted by Gasteiger charge is -2.22. The zero-order valence-corrected chi connectivity index (χ0v) is 18.6. The third-order valence-electron chi connectivity index (χ3n) is 4.93. The third-order valence-corrected chi connectivity index (χ3v) is 7.11. The van der Waals surface area contributed by atoms with Crippen molar-refractivity contribution in [3.63, 3.8) is 0 Å². The summed E-state index contributed by atoms with van der Waals surface area (Å²) >= 11 is 5.81. The molecular formula is C20H20ClN3O7S. The van der Waals surface area contributed by atoms with Crippen LogP contribution in [0.2, 0.25) is 5.02 Å². The van der Waals surface area contributed by atoms with Gasteiger partial charge in [-0.3, -0.25) is 19.7 Å². The minimum atomic E-state index is -3.94. The van der Waals surface area contributed by atoms with Crippen molar-refractivity contribution in [3.05, 3.63) is 63.2 Å². The monoisotopic (exact) mass is 481 g/mol. The zero-order valence-electron chi connectivity index (χ0n) is 17.0. The number of nitro benzene ring substituents is 1. The minimum Gasteiger partial charge on any atom is -0.454 e. The number of halogens is 1. The molecule has 1 fully saturated rings. The van der Waals surface area contributed by atoms with Gasteiger partial charge in [0.05, 0.1) is 9.82 Å². The molecular weight excluding hydrogens is 462 g/mol. The fraction of sp³-hybridized carbons (Fsp3) is 0.300. The van der Waals surface area contributed by atoms with Gasteiger partial charge in [0.1, 0.15) is 6.04 Å². The summed E-state index contributed by atoms with van der Waals surface area (Å²) in [6.45, 7) is 1.05. The Morgan fingerprint density at radius 1 is 1.25 bits per heavy atom. The molecule has 3 rings (SSSR count). The molecule has 2 aromatic carbocycles. The second kappa shape index (κ2) is 9.63. The van der Waals surface area contributed by atoms with Crippen LogP contribution in [0.15, 0.2) is 47.4 Å². The summed E-state index contributed by atoms with van der Waals surface area (Å²) in [5.41, 5.74) is 0.451. The second-order valence-corrected chi connectivity index (χ2v) is 9.47. The van der Waals surface area contributed by atoms with E-state index in [2.05, 4.69) is 5.32 Å². The number of nitrogens with one attached hydrogen (secondary N) is 1. The molecule has 1 aliphatic heterocycles. The molecule has 0 aliphatic carbocycles. The summed E-state index contributed by atoms with van der Waals surface area (Å²) in [6.07, 6.45) is 0.725. The predicted octanol–water partition coefficient (Wildman–Crippen LogP) is 2.89. The number of nitrogens with zero attached hydrogens (tertiary/aromatic N) is 2. The molecule has 0 bridgehead atoms. The normalized spacial score (nSPS) is 16.5. The van der Waals surface area contributed by atoms with E-state index in [1.165, 1.54) is 42.5 Å². The highest BCUT2D eigenvalue weighted by Gasteiger charge is 2.40. The van der Waals surface area contributed by atoms with Gasteiger partial charge in [-0.15, -0.1) is 0 Å². The minimum absolute atomic E-state index is 0.000286. The predicted molar refractivity (Wildman–Crippen MR) is 116 cm³/mol. The molecule has 0 radical (unpaired) electrons. The maximum absolute atomic E-state index is 12.9. The van der Waals surface area contributed by atoms with Gasteiger partial charge in [0, 0.05) is 28.9 Å². The number of sulfonamides is 1. The van der Waals surface area contributed by atoms with Gasteiger partial charge in [-0.05, 0) is 50.1 Å². The molecule has 0 unspecified atom stereocenters. The highest BCUT2D eigenvalue weighted by Crippen LogP contribution is 2.28. The Kier molecular flexibility index (Phi) is 7.12. The van der Waals surface area contributed by atoms with E-state index < -0.39 is 39.5 Å². The third kappa shape index (κ3) is 5.23. The number of hydrogen-bond acceptors (Lipinski definition) is 7. The summed E-state index contributed by atoms with van der Waals surface area (Å²) in [7, 11) is -3.94. The first kappa shape index (κ1) is 23.6. The average molecular weight is 482 g/mol. The smallest absolute Gasteiger partial charge is 0.324 e. The summed E-state index contributed by atoms with van der Waals surface area (Å²) < 4.78 is 31.9. The van der Waals surface area contributed by atoms with Crippen LogP contribution in [0.25, 0.3) is 0 Å². The molecule has 170 valence electrons. The van der Waals surface area contributed by atoms with Crippen LogP contribution in [0.4, 0.5) is 11.4 Å². The number of aryl methyl sites for hydroxylation is 1. The lowest BCUT2D eigenvalue weighted by molar-refractivity contribution is -0.385. The van der Waals surface area contributed by atoms with Gasteiger partial charge >= 0.3 is 5.97 Å². The van der Waals surface area contributed by atoms with Crippen molar-refractivity contribution in [2.24, 2.45) is 0 Å². The molecule has 1 saturated heterocycles. The van der Waals surface area contributed by atoms with Crippen LogP contribution in [-0.2, 0) is 24.3 Å². The summed E-state index contributed by atoms with van der Waals surface area (Å²) in [5, 5.41) is 13.8. The van der Waals surface area contributed by atoms with Crippen molar-refractivity contribution in [2.45, 2.75) is 30.7 Å². The summed E-state index contributed by atoms with van der Waals surface area (Å²) in [4.78, 5) is 35.1. The van der Waals surface area contributed by atoms with Crippen LogP contribution >= 0.6 is 11.6 Å². The number of hydrogen-bond donors (Lipinski definition) is 1. The maximum Gasteiger partial charge on any atom is 0.324 e. The van der Waals surface area contributed by atoms with E-state index in [0.29, 0.717) is 17.0 Å². The van der Waals surface area contributed by atoms with E-state index in [1.807, 2.05) is 0 Å². The number of anilines is 1. The Bertz CT molecular complexity index is 1150. The largest absolute Gasteiger partial charge is 0.454 e. The lowest BCUT2D eigenvalue weighted by Crippen LogP contribution is -2.42. The van der Waals surface area contributed by atoms with E-state index in [4.69, 9.17) is 16.3 Å². The Labute approximate surface area is 189 Å². The van der Waals surface area contributed by atoms with Crippen LogP contribution in [0.1, 0.15) is 18.4 Å². The molecule has 0 aromatic heterocycles. The molecule has 1 heterocycles. The molecule has 32 heavy (non-hydrogen) atoms. The van der Waals surface area contributed by atoms with Gasteiger partial charge in [0.2, 0.25) is 10.0 Å². The Morgan fingerprint density at radius 3 is 2.59 bits per heavy atom. The fourth-order valence-corrected chi connectivity index (χ4v) is 5.09. The molecule has 1 N–H and O–H groups in total. The number of ether oxygens (including phenoxy) is 1. The van der Waals surface area contributed by atoms with Crippen molar-refractivity contribution < 1.29 is 27.7 Å². The molecule has 1 aliphatic rings. The van der Waals surface area contributed by atoms with E-state index in [-0.39, 0.29) is 29.2 Å². The van der Waals surface area contributed by atoms with Crippen molar-refractivity contribution in [1.82, 2.24) is 4.31 Å². The Hall–Kier alpha value is -3.02. The quantitative estimate of drug-likeness (QED) is 0.364. The first-order valence-electron chi connectivity index (χ1n) is 9.58. The van der Waals surface area contributed by atoms with Crippen LogP contribution in [-0.4, -0.2) is 48.7 Å². The summed E-state index contributed by atoms with van der Waals surface area (Å²) in [5.74, 6) is -1.55. The van der Waals surface area contributed by atoms with E-state index >= 15 is 0 Å². The fourth-order valence-electron chi connectivity index (χ4n) is 3.32. The molecule has 1 atom stereocenters. The van der Waals surface area contributed by atoms with E-state index in [9.17, 15) is 28.1 Å². The SMILES string of the molecule is Cc1ccc(NC(=O)COC(=O)[C@H]2CCCN2S(=O)(=O)c2ccc(Cl)cc2)cc1[N+](=O)[O-]. The number of carbonyl (C=O) groups excluding carboxylic acids is 2. The first-order valence-corrected chi connectivity index (χ1v) is 11.4. The Balaban J connectivity index is 1.63. The van der Waals surface area contributed by atoms with Crippen molar-refractivity contribution >= 4 is 44.9 Å². The van der Waals surface area contributed by atoms with Gasteiger partial charge < -0.3 is 10.1 Å². The maximum atomic E-state index is 12.9. The molecule has 1 amide bonds. The summed E-state index contributed by atoms with van der Waals surface area (Å²) in [6, 6.07) is 8.71. The molecule has 10 nitrogen and oxygen atoms in total. The van der Waals surface area contributed by atoms with Gasteiger partial charge in [-0.25, -0.2) is 8.42 Å². The van der Waals surface area contributed by atoms with Gasteiger partial charge in [-0.2, -0.15) is 4.31 Å². The molecule has 12 heteroatoms. The number of amides is 1. The molecule has 2 aromatic rings. The van der Waals surface area contributed by atoms with Crippen LogP contribution in [0.3, 0.4) is 0 Å². The van der Waals surface area contributed by atoms with E-state index in [1.54, 1.807) is 6.92 Å². The lowest BCUT2D eigenvalue weighted by atomic mass is 10.2. The van der Waals surface area contributed by atoms with Crippen molar-refractivity contribution in [3.8, 4) is 0 Å². The molecule has 0 saturated carbocycles. The highest BCUT2D eigenvalue weighted by molar-refractivity contribution is 7.89. The number of benzene rings is 2. The number of nitro groups is 1. The van der Waals surface area contributed by atoms with Crippen molar-refractivity contribution in [1.29, 1.82) is 0 Å². The van der Waals surface area contributed by atoms with Crippen LogP contribution in [0, 0.1) is 17.0 Å². The number of esters is 1. The van der Waals surface area contributed by atoms with E-state index in [0.717, 1.165) is 4.31 Å². The topological polar surface area (TPSA) is 136 Å². The molecule has 0 spiro atoms.